The van der Waals surface area contributed by atoms with Crippen LogP contribution in [0.4, 0.5) is 8.78 Å². The smallest absolute Gasteiger partial charge is 0.132 e. The van der Waals surface area contributed by atoms with E-state index in [4.69, 9.17) is 11.6 Å². The van der Waals surface area contributed by atoms with Crippen LogP contribution >= 0.6 is 19.5 Å². The zero-order valence-corrected chi connectivity index (χ0v) is 11.7. The van der Waals surface area contributed by atoms with Gasteiger partial charge in [-0.1, -0.05) is 23.7 Å². The third-order valence-electron chi connectivity index (χ3n) is 2.74. The molecule has 0 aliphatic carbocycles. The summed E-state index contributed by atoms with van der Waals surface area (Å²) in [4.78, 5) is 0. The molecule has 0 N–H and O–H groups in total. The van der Waals surface area contributed by atoms with E-state index >= 15 is 0 Å². The van der Waals surface area contributed by atoms with Crippen molar-refractivity contribution in [1.29, 1.82) is 0 Å². The average molecular weight is 285 g/mol. The Morgan fingerprint density at radius 1 is 0.944 bits per heavy atom. The molecule has 0 bridgehead atoms. The van der Waals surface area contributed by atoms with E-state index in [0.29, 0.717) is 15.6 Å². The molecule has 0 fully saturated rings. The Morgan fingerprint density at radius 3 is 2.06 bits per heavy atom. The molecule has 0 saturated heterocycles. The monoisotopic (exact) mass is 284 g/mol. The van der Waals surface area contributed by atoms with Gasteiger partial charge in [-0.2, -0.15) is 0 Å². The summed E-state index contributed by atoms with van der Waals surface area (Å²) < 4.78 is 27.7. The summed E-state index contributed by atoms with van der Waals surface area (Å²) in [5, 5.41) is 1.41. The fraction of sp³-hybridized carbons (Fsp3) is 0.143. The van der Waals surface area contributed by atoms with Crippen molar-refractivity contribution in [2.24, 2.45) is 0 Å². The van der Waals surface area contributed by atoms with Gasteiger partial charge in [-0.25, -0.2) is 8.78 Å². The lowest BCUT2D eigenvalue weighted by Gasteiger charge is -2.15. The summed E-state index contributed by atoms with van der Waals surface area (Å²) in [6.45, 7) is 3.67. The van der Waals surface area contributed by atoms with E-state index in [1.54, 1.807) is 18.2 Å². The minimum Gasteiger partial charge on any atom is -0.206 e. The molecule has 0 aliphatic rings. The van der Waals surface area contributed by atoms with Gasteiger partial charge < -0.3 is 0 Å². The van der Waals surface area contributed by atoms with Gasteiger partial charge in [0.25, 0.3) is 0 Å². The van der Waals surface area contributed by atoms with Crippen molar-refractivity contribution >= 4 is 30.1 Å². The summed E-state index contributed by atoms with van der Waals surface area (Å²) in [5.74, 6) is -0.658. The van der Waals surface area contributed by atoms with Crippen LogP contribution in [0.2, 0.25) is 5.02 Å². The Bertz CT molecular complexity index is 533. The Labute approximate surface area is 111 Å². The first-order valence-electron chi connectivity index (χ1n) is 5.44. The van der Waals surface area contributed by atoms with Gasteiger partial charge >= 0.3 is 0 Å². The third-order valence-corrected chi connectivity index (χ3v) is 5.14. The van der Waals surface area contributed by atoms with E-state index < -0.39 is 7.92 Å². The van der Waals surface area contributed by atoms with Crippen molar-refractivity contribution in [3.63, 3.8) is 0 Å². The van der Waals surface area contributed by atoms with E-state index in [9.17, 15) is 8.78 Å². The minimum absolute atomic E-state index is 0.280. The Hall–Kier alpha value is -0.980. The zero-order chi connectivity index (χ0) is 13.3. The predicted molar refractivity (Wildman–Crippen MR) is 74.7 cm³/mol. The predicted octanol–water partition coefficient (Wildman–Crippen LogP) is 3.99. The summed E-state index contributed by atoms with van der Waals surface area (Å²) in [6, 6.07) is 9.56. The molecule has 0 spiro atoms. The quantitative estimate of drug-likeness (QED) is 0.732. The molecule has 0 radical (unpaired) electrons. The van der Waals surface area contributed by atoms with Gasteiger partial charge in [0.2, 0.25) is 0 Å². The van der Waals surface area contributed by atoms with Crippen LogP contribution in [0.1, 0.15) is 5.56 Å². The molecule has 94 valence electrons. The highest BCUT2D eigenvalue weighted by atomic mass is 35.5. The van der Waals surface area contributed by atoms with Crippen molar-refractivity contribution in [2.75, 3.05) is 6.66 Å². The molecular formula is C14H12ClF2P. The molecule has 0 nitrogen and oxygen atoms in total. The number of hydrogen-bond acceptors (Lipinski definition) is 0. The minimum atomic E-state index is -1.05. The van der Waals surface area contributed by atoms with Crippen molar-refractivity contribution in [1.82, 2.24) is 0 Å². The number of halogens is 3. The highest BCUT2D eigenvalue weighted by Crippen LogP contribution is 2.31. The molecule has 1 atom stereocenters. The topological polar surface area (TPSA) is 0 Å². The first-order valence-corrected chi connectivity index (χ1v) is 7.60. The van der Waals surface area contributed by atoms with Crippen molar-refractivity contribution in [2.45, 2.75) is 6.92 Å². The highest BCUT2D eigenvalue weighted by Gasteiger charge is 2.16. The summed E-state index contributed by atoms with van der Waals surface area (Å²) in [5.41, 5.74) is 0.858. The van der Waals surface area contributed by atoms with Crippen molar-refractivity contribution < 1.29 is 8.78 Å². The summed E-state index contributed by atoms with van der Waals surface area (Å²) >= 11 is 5.71. The van der Waals surface area contributed by atoms with E-state index in [2.05, 4.69) is 0 Å². The summed E-state index contributed by atoms with van der Waals surface area (Å²) in [7, 11) is -1.05. The van der Waals surface area contributed by atoms with E-state index in [1.807, 2.05) is 19.7 Å². The van der Waals surface area contributed by atoms with Crippen LogP contribution in [0.3, 0.4) is 0 Å². The number of rotatable bonds is 2. The van der Waals surface area contributed by atoms with E-state index in [-0.39, 0.29) is 11.6 Å². The molecule has 1 unspecified atom stereocenters. The van der Waals surface area contributed by atoms with Gasteiger partial charge in [0.05, 0.1) is 0 Å². The van der Waals surface area contributed by atoms with Gasteiger partial charge in [-0.15, -0.1) is 0 Å². The van der Waals surface area contributed by atoms with Crippen LogP contribution in [-0.2, 0) is 0 Å². The number of aryl methyl sites for hydroxylation is 1. The van der Waals surface area contributed by atoms with Gasteiger partial charge in [-0.3, -0.25) is 0 Å². The standard InChI is InChI=1S/C14H12ClF2P/c1-9-3-5-13(11(16)7-9)18(2)14-6-4-10(15)8-12(14)17/h3-8H,1-2H3. The second-order valence-corrected chi connectivity index (χ2v) is 6.63. The van der Waals surface area contributed by atoms with Crippen LogP contribution in [0.5, 0.6) is 0 Å². The molecule has 2 aromatic rings. The maximum absolute atomic E-state index is 13.9. The molecule has 0 aromatic heterocycles. The normalized spacial score (nSPS) is 12.5. The first-order chi connectivity index (χ1) is 8.49. The molecule has 2 aromatic carbocycles. The number of hydrogen-bond donors (Lipinski definition) is 0. The number of benzene rings is 2. The van der Waals surface area contributed by atoms with Crippen LogP contribution in [-0.4, -0.2) is 6.66 Å². The Morgan fingerprint density at radius 2 is 1.50 bits per heavy atom. The van der Waals surface area contributed by atoms with Crippen LogP contribution in [0.25, 0.3) is 0 Å². The van der Waals surface area contributed by atoms with Gasteiger partial charge in [0, 0.05) is 15.6 Å². The SMILES string of the molecule is Cc1ccc(P(C)c2ccc(Cl)cc2F)c(F)c1. The largest absolute Gasteiger partial charge is 0.206 e. The zero-order valence-electron chi connectivity index (χ0n) is 10.0. The van der Waals surface area contributed by atoms with Crippen molar-refractivity contribution in [3.05, 3.63) is 58.6 Å². The fourth-order valence-electron chi connectivity index (χ4n) is 1.77. The maximum atomic E-state index is 13.9. The molecule has 4 heteroatoms. The van der Waals surface area contributed by atoms with E-state index in [0.717, 1.165) is 5.56 Å². The molecule has 0 amide bonds. The van der Waals surface area contributed by atoms with Gasteiger partial charge in [0.1, 0.15) is 11.6 Å². The molecule has 18 heavy (non-hydrogen) atoms. The van der Waals surface area contributed by atoms with Crippen molar-refractivity contribution in [3.8, 4) is 0 Å². The second-order valence-electron chi connectivity index (χ2n) is 4.11. The van der Waals surface area contributed by atoms with Crippen LogP contribution in [0.15, 0.2) is 36.4 Å². The Balaban J connectivity index is 2.44. The summed E-state index contributed by atoms with van der Waals surface area (Å²) in [6.07, 6.45) is 0. The molecule has 0 saturated carbocycles. The molecule has 2 rings (SSSR count). The molecule has 0 heterocycles. The van der Waals surface area contributed by atoms with E-state index in [1.165, 1.54) is 12.1 Å². The third kappa shape index (κ3) is 2.71. The molecule has 0 aliphatic heterocycles. The lowest BCUT2D eigenvalue weighted by Crippen LogP contribution is -2.17. The average Bonchev–Trinajstić information content (AvgIpc) is 2.28. The van der Waals surface area contributed by atoms with Gasteiger partial charge in [0.15, 0.2) is 0 Å². The Kier molecular flexibility index (Phi) is 3.99. The second kappa shape index (κ2) is 5.34. The van der Waals surface area contributed by atoms with Crippen LogP contribution in [0, 0.1) is 18.6 Å². The fourth-order valence-corrected chi connectivity index (χ4v) is 3.55. The lowest BCUT2D eigenvalue weighted by molar-refractivity contribution is 0.634. The highest BCUT2D eigenvalue weighted by molar-refractivity contribution is 7.72. The van der Waals surface area contributed by atoms with Crippen LogP contribution < -0.4 is 10.6 Å². The first kappa shape index (κ1) is 13.5. The lowest BCUT2D eigenvalue weighted by atomic mass is 10.2. The van der Waals surface area contributed by atoms with Gasteiger partial charge in [-0.05, 0) is 51.3 Å². The molecular weight excluding hydrogens is 273 g/mol. The maximum Gasteiger partial charge on any atom is 0.132 e.